The molecule has 0 aromatic rings. The fourth-order valence-corrected chi connectivity index (χ4v) is 1.51. The highest BCUT2D eigenvalue weighted by molar-refractivity contribution is 7.90. The maximum absolute atomic E-state index is 10.8. The minimum atomic E-state index is -2.91. The molecule has 0 bridgehead atoms. The highest BCUT2D eigenvalue weighted by Gasteiger charge is 2.08. The summed E-state index contributed by atoms with van der Waals surface area (Å²) in [4.78, 5) is 1.79. The molecular weight excluding hydrogens is 192 g/mol. The maximum atomic E-state index is 10.8. The van der Waals surface area contributed by atoms with Crippen molar-refractivity contribution in [2.75, 3.05) is 38.8 Å². The molecule has 0 spiro atoms. The van der Waals surface area contributed by atoms with Gasteiger partial charge in [0.15, 0.2) is 0 Å². The Bertz CT molecular complexity index is 228. The zero-order chi connectivity index (χ0) is 10.5. The van der Waals surface area contributed by atoms with E-state index in [2.05, 4.69) is 0 Å². The number of likely N-dealkylation sites (N-methyl/N-ethyl adjacent to an activating group) is 1. The van der Waals surface area contributed by atoms with E-state index in [4.69, 9.17) is 10.8 Å². The number of sulfone groups is 1. The second-order valence-electron chi connectivity index (χ2n) is 3.33. The second-order valence-corrected chi connectivity index (χ2v) is 5.59. The number of nitrogens with zero attached hydrogens (tertiary/aromatic N) is 1. The number of rotatable bonds is 6. The van der Waals surface area contributed by atoms with Crippen molar-refractivity contribution in [2.45, 2.75) is 6.04 Å². The third-order valence-corrected chi connectivity index (χ3v) is 2.55. The van der Waals surface area contributed by atoms with Gasteiger partial charge in [-0.05, 0) is 7.05 Å². The van der Waals surface area contributed by atoms with Crippen LogP contribution in [0.4, 0.5) is 0 Å². The van der Waals surface area contributed by atoms with Crippen molar-refractivity contribution < 1.29 is 13.5 Å². The molecule has 1 unspecified atom stereocenters. The third-order valence-electron chi connectivity index (χ3n) is 1.62. The van der Waals surface area contributed by atoms with E-state index in [9.17, 15) is 8.42 Å². The van der Waals surface area contributed by atoms with Gasteiger partial charge in [-0.2, -0.15) is 0 Å². The van der Waals surface area contributed by atoms with E-state index in [1.54, 1.807) is 11.9 Å². The summed E-state index contributed by atoms with van der Waals surface area (Å²) in [5.74, 6) is 0.127. The van der Waals surface area contributed by atoms with E-state index in [1.807, 2.05) is 0 Å². The summed E-state index contributed by atoms with van der Waals surface area (Å²) in [5, 5.41) is 8.64. The Morgan fingerprint density at radius 1 is 1.54 bits per heavy atom. The maximum Gasteiger partial charge on any atom is 0.148 e. The highest BCUT2D eigenvalue weighted by atomic mass is 32.2. The Labute approximate surface area is 79.4 Å². The van der Waals surface area contributed by atoms with Crippen molar-refractivity contribution in [3.8, 4) is 0 Å². The summed E-state index contributed by atoms with van der Waals surface area (Å²) in [5.41, 5.74) is 5.47. The van der Waals surface area contributed by atoms with Crippen LogP contribution in [0.5, 0.6) is 0 Å². The van der Waals surface area contributed by atoms with Gasteiger partial charge in [0.2, 0.25) is 0 Å². The molecule has 0 fully saturated rings. The van der Waals surface area contributed by atoms with Gasteiger partial charge in [0.1, 0.15) is 9.84 Å². The average Bonchev–Trinajstić information content (AvgIpc) is 1.99. The van der Waals surface area contributed by atoms with Crippen LogP contribution in [-0.4, -0.2) is 63.2 Å². The van der Waals surface area contributed by atoms with Crippen LogP contribution in [0.15, 0.2) is 0 Å². The molecule has 0 amide bonds. The first-order valence-corrected chi connectivity index (χ1v) is 6.14. The Balaban J connectivity index is 3.69. The number of hydrogen-bond acceptors (Lipinski definition) is 5. The van der Waals surface area contributed by atoms with Crippen LogP contribution in [0.1, 0.15) is 0 Å². The van der Waals surface area contributed by atoms with E-state index in [0.717, 1.165) is 0 Å². The van der Waals surface area contributed by atoms with E-state index < -0.39 is 9.84 Å². The molecule has 0 aliphatic heterocycles. The summed E-state index contributed by atoms with van der Waals surface area (Å²) < 4.78 is 21.6. The van der Waals surface area contributed by atoms with Crippen molar-refractivity contribution in [3.63, 3.8) is 0 Å². The fraction of sp³-hybridized carbons (Fsp3) is 1.00. The van der Waals surface area contributed by atoms with Crippen molar-refractivity contribution in [1.82, 2.24) is 4.90 Å². The van der Waals surface area contributed by atoms with Gasteiger partial charge in [-0.3, -0.25) is 0 Å². The standard InChI is InChI=1S/C7H18N2O3S/c1-9(5-7(8)6-10)3-4-13(2,11)12/h7,10H,3-6,8H2,1-2H3. The van der Waals surface area contributed by atoms with Gasteiger partial charge in [-0.1, -0.05) is 0 Å². The van der Waals surface area contributed by atoms with Crippen LogP contribution in [0.3, 0.4) is 0 Å². The fourth-order valence-electron chi connectivity index (χ4n) is 0.871. The predicted molar refractivity (Wildman–Crippen MR) is 52.3 cm³/mol. The molecule has 5 nitrogen and oxygen atoms in total. The molecule has 1 atom stereocenters. The zero-order valence-electron chi connectivity index (χ0n) is 8.10. The van der Waals surface area contributed by atoms with Crippen molar-refractivity contribution in [3.05, 3.63) is 0 Å². The first kappa shape index (κ1) is 12.8. The SMILES string of the molecule is CN(CCS(C)(=O)=O)CC(N)CO. The minimum absolute atomic E-state index is 0.0801. The highest BCUT2D eigenvalue weighted by Crippen LogP contribution is 1.89. The van der Waals surface area contributed by atoms with Gasteiger partial charge < -0.3 is 15.7 Å². The summed E-state index contributed by atoms with van der Waals surface area (Å²) in [6.07, 6.45) is 1.20. The lowest BCUT2D eigenvalue weighted by Gasteiger charge is -2.19. The van der Waals surface area contributed by atoms with Gasteiger partial charge in [0, 0.05) is 25.4 Å². The Morgan fingerprint density at radius 3 is 2.46 bits per heavy atom. The number of aliphatic hydroxyl groups excluding tert-OH is 1. The summed E-state index contributed by atoms with van der Waals surface area (Å²) in [6, 6.07) is -0.301. The molecule has 0 rings (SSSR count). The topological polar surface area (TPSA) is 83.6 Å². The zero-order valence-corrected chi connectivity index (χ0v) is 8.92. The molecule has 0 radical (unpaired) electrons. The summed E-state index contributed by atoms with van der Waals surface area (Å²) in [6.45, 7) is 0.877. The first-order chi connectivity index (χ1) is 5.85. The molecule has 80 valence electrons. The van der Waals surface area contributed by atoms with Crippen LogP contribution in [0, 0.1) is 0 Å². The largest absolute Gasteiger partial charge is 0.395 e. The van der Waals surface area contributed by atoms with E-state index in [-0.39, 0.29) is 18.4 Å². The smallest absolute Gasteiger partial charge is 0.148 e. The predicted octanol–water partition coefficient (Wildman–Crippen LogP) is -1.72. The van der Waals surface area contributed by atoms with Crippen LogP contribution >= 0.6 is 0 Å². The molecular formula is C7H18N2O3S. The molecule has 6 heteroatoms. The van der Waals surface area contributed by atoms with Gasteiger partial charge in [0.25, 0.3) is 0 Å². The quantitative estimate of drug-likeness (QED) is 0.545. The van der Waals surface area contributed by atoms with Gasteiger partial charge in [0.05, 0.1) is 12.4 Å². The van der Waals surface area contributed by atoms with E-state index in [0.29, 0.717) is 13.1 Å². The van der Waals surface area contributed by atoms with Gasteiger partial charge >= 0.3 is 0 Å². The minimum Gasteiger partial charge on any atom is -0.395 e. The van der Waals surface area contributed by atoms with Crippen LogP contribution < -0.4 is 5.73 Å². The molecule has 0 saturated carbocycles. The van der Waals surface area contributed by atoms with Gasteiger partial charge in [-0.15, -0.1) is 0 Å². The molecule has 13 heavy (non-hydrogen) atoms. The molecule has 0 saturated heterocycles. The van der Waals surface area contributed by atoms with E-state index >= 15 is 0 Å². The van der Waals surface area contributed by atoms with Crippen LogP contribution in [0.2, 0.25) is 0 Å². The van der Waals surface area contributed by atoms with Gasteiger partial charge in [-0.25, -0.2) is 8.42 Å². The lowest BCUT2D eigenvalue weighted by molar-refractivity contribution is 0.226. The van der Waals surface area contributed by atoms with Crippen molar-refractivity contribution in [2.24, 2.45) is 5.73 Å². The normalized spacial score (nSPS) is 14.8. The Morgan fingerprint density at radius 2 is 2.08 bits per heavy atom. The Hall–Kier alpha value is -0.170. The van der Waals surface area contributed by atoms with Crippen molar-refractivity contribution >= 4 is 9.84 Å². The van der Waals surface area contributed by atoms with Crippen LogP contribution in [0.25, 0.3) is 0 Å². The number of hydrogen-bond donors (Lipinski definition) is 2. The summed E-state index contributed by atoms with van der Waals surface area (Å²) >= 11 is 0. The molecule has 0 heterocycles. The van der Waals surface area contributed by atoms with Crippen molar-refractivity contribution in [1.29, 1.82) is 0 Å². The lowest BCUT2D eigenvalue weighted by atomic mass is 10.3. The third kappa shape index (κ3) is 8.17. The van der Waals surface area contributed by atoms with E-state index in [1.165, 1.54) is 6.26 Å². The average molecular weight is 210 g/mol. The number of nitrogens with two attached hydrogens (primary N) is 1. The molecule has 0 aliphatic carbocycles. The number of aliphatic hydroxyl groups is 1. The summed E-state index contributed by atoms with van der Waals surface area (Å²) in [7, 11) is -1.13. The first-order valence-electron chi connectivity index (χ1n) is 4.08. The molecule has 0 aromatic carbocycles. The molecule has 3 N–H and O–H groups in total. The second kappa shape index (κ2) is 5.54. The lowest BCUT2D eigenvalue weighted by Crippen LogP contribution is -2.39. The Kier molecular flexibility index (Phi) is 5.46. The monoisotopic (exact) mass is 210 g/mol. The molecule has 0 aliphatic rings. The van der Waals surface area contributed by atoms with Crippen LogP contribution in [-0.2, 0) is 9.84 Å². The molecule has 0 aromatic heterocycles.